The number of aryl methyl sites for hydroxylation is 1. The molecule has 1 aromatic carbocycles. The van der Waals surface area contributed by atoms with Gasteiger partial charge in [0, 0.05) is 23.0 Å². The van der Waals surface area contributed by atoms with Gasteiger partial charge < -0.3 is 10.1 Å². The molecule has 0 amide bonds. The average Bonchev–Trinajstić information content (AvgIpc) is 2.48. The van der Waals surface area contributed by atoms with Gasteiger partial charge in [0.1, 0.15) is 17.6 Å². The van der Waals surface area contributed by atoms with Crippen LogP contribution in [0.15, 0.2) is 24.4 Å². The summed E-state index contributed by atoms with van der Waals surface area (Å²) in [6.07, 6.45) is 1.76. The fraction of sp³-hybridized carbons (Fsp3) is 0.250. The van der Waals surface area contributed by atoms with E-state index in [2.05, 4.69) is 10.3 Å². The topological polar surface area (TPSA) is 57.9 Å². The molecule has 1 aromatic heterocycles. The molecule has 0 saturated heterocycles. The van der Waals surface area contributed by atoms with E-state index >= 15 is 0 Å². The van der Waals surface area contributed by atoms with Crippen LogP contribution < -0.4 is 10.1 Å². The van der Waals surface area contributed by atoms with Crippen LogP contribution in [-0.4, -0.2) is 12.1 Å². The Morgan fingerprint density at radius 2 is 2.14 bits per heavy atom. The second kappa shape index (κ2) is 6.23. The van der Waals surface area contributed by atoms with Crippen molar-refractivity contribution in [2.24, 2.45) is 0 Å². The molecule has 0 unspecified atom stereocenters. The number of nitrogens with one attached hydrogen (secondary N) is 1. The highest BCUT2D eigenvalue weighted by atomic mass is 19.1. The van der Waals surface area contributed by atoms with Gasteiger partial charge in [-0.3, -0.25) is 4.98 Å². The van der Waals surface area contributed by atoms with E-state index in [4.69, 9.17) is 10.00 Å². The van der Waals surface area contributed by atoms with Gasteiger partial charge in [0.05, 0.1) is 24.9 Å². The summed E-state index contributed by atoms with van der Waals surface area (Å²) in [6, 6.07) is 6.17. The third kappa shape index (κ3) is 3.11. The predicted octanol–water partition coefficient (Wildman–Crippen LogP) is 3.33. The Balaban J connectivity index is 2.19. The average molecular weight is 285 g/mol. The summed E-state index contributed by atoms with van der Waals surface area (Å²) in [4.78, 5) is 4.38. The Bertz CT molecular complexity index is 707. The van der Waals surface area contributed by atoms with Crippen LogP contribution in [0.25, 0.3) is 0 Å². The van der Waals surface area contributed by atoms with Crippen molar-refractivity contribution < 1.29 is 9.13 Å². The first-order valence-corrected chi connectivity index (χ1v) is 6.49. The molecule has 0 aliphatic rings. The van der Waals surface area contributed by atoms with Crippen molar-refractivity contribution in [1.82, 2.24) is 4.98 Å². The number of anilines is 1. The molecule has 21 heavy (non-hydrogen) atoms. The van der Waals surface area contributed by atoms with Crippen LogP contribution in [0.2, 0.25) is 0 Å². The summed E-state index contributed by atoms with van der Waals surface area (Å²) in [5, 5.41) is 12.0. The van der Waals surface area contributed by atoms with Gasteiger partial charge >= 0.3 is 0 Å². The van der Waals surface area contributed by atoms with Crippen molar-refractivity contribution in [1.29, 1.82) is 5.26 Å². The van der Waals surface area contributed by atoms with Crippen molar-refractivity contribution in [3.05, 3.63) is 52.6 Å². The second-order valence-electron chi connectivity index (χ2n) is 4.71. The zero-order valence-electron chi connectivity index (χ0n) is 12.2. The van der Waals surface area contributed by atoms with E-state index in [-0.39, 0.29) is 5.56 Å². The summed E-state index contributed by atoms with van der Waals surface area (Å²) in [5.74, 6) is 0.299. The smallest absolute Gasteiger partial charge is 0.141 e. The predicted molar refractivity (Wildman–Crippen MR) is 78.7 cm³/mol. The molecule has 2 aromatic rings. The van der Waals surface area contributed by atoms with E-state index in [1.54, 1.807) is 19.4 Å². The lowest BCUT2D eigenvalue weighted by Crippen LogP contribution is -2.06. The summed E-state index contributed by atoms with van der Waals surface area (Å²) >= 11 is 0. The van der Waals surface area contributed by atoms with Gasteiger partial charge in [-0.15, -0.1) is 0 Å². The van der Waals surface area contributed by atoms with Crippen LogP contribution in [0.1, 0.15) is 22.4 Å². The van der Waals surface area contributed by atoms with Gasteiger partial charge in [-0.25, -0.2) is 4.39 Å². The number of aromatic nitrogens is 1. The third-order valence-corrected chi connectivity index (χ3v) is 3.30. The Labute approximate surface area is 123 Å². The number of hydrogen-bond acceptors (Lipinski definition) is 4. The molecule has 1 N–H and O–H groups in total. The summed E-state index contributed by atoms with van der Waals surface area (Å²) < 4.78 is 18.6. The molecule has 0 radical (unpaired) electrons. The SMILES string of the molecule is COc1c(C)cnc(CNc2ccc(F)c(C#N)c2)c1C. The Kier molecular flexibility index (Phi) is 4.39. The van der Waals surface area contributed by atoms with E-state index in [1.807, 2.05) is 19.9 Å². The highest BCUT2D eigenvalue weighted by Gasteiger charge is 2.09. The maximum Gasteiger partial charge on any atom is 0.141 e. The van der Waals surface area contributed by atoms with Gasteiger partial charge in [-0.1, -0.05) is 0 Å². The lowest BCUT2D eigenvalue weighted by Gasteiger charge is -2.13. The van der Waals surface area contributed by atoms with E-state index < -0.39 is 5.82 Å². The number of rotatable bonds is 4. The summed E-state index contributed by atoms with van der Waals surface area (Å²) in [7, 11) is 1.63. The minimum absolute atomic E-state index is 0.0196. The quantitative estimate of drug-likeness (QED) is 0.936. The number of pyridine rings is 1. The Morgan fingerprint density at radius 1 is 1.38 bits per heavy atom. The van der Waals surface area contributed by atoms with E-state index in [0.29, 0.717) is 12.2 Å². The Hall–Kier alpha value is -2.61. The van der Waals surface area contributed by atoms with E-state index in [1.165, 1.54) is 12.1 Å². The molecule has 5 heteroatoms. The second-order valence-corrected chi connectivity index (χ2v) is 4.71. The maximum atomic E-state index is 13.3. The summed E-state index contributed by atoms with van der Waals surface area (Å²) in [5.41, 5.74) is 3.49. The first kappa shape index (κ1) is 14.8. The number of nitrogens with zero attached hydrogens (tertiary/aromatic N) is 2. The number of nitriles is 1. The molecule has 0 aliphatic carbocycles. The van der Waals surface area contributed by atoms with Crippen LogP contribution in [0.5, 0.6) is 5.75 Å². The third-order valence-electron chi connectivity index (χ3n) is 3.30. The van der Waals surface area contributed by atoms with Crippen LogP contribution in [0, 0.1) is 31.0 Å². The van der Waals surface area contributed by atoms with E-state index in [9.17, 15) is 4.39 Å². The normalized spacial score (nSPS) is 10.0. The first-order valence-electron chi connectivity index (χ1n) is 6.49. The fourth-order valence-corrected chi connectivity index (χ4v) is 2.16. The van der Waals surface area contributed by atoms with Crippen LogP contribution >= 0.6 is 0 Å². The molecule has 0 fully saturated rings. The van der Waals surface area contributed by atoms with Gasteiger partial charge in [0.25, 0.3) is 0 Å². The first-order chi connectivity index (χ1) is 10.1. The number of ether oxygens (including phenoxy) is 1. The van der Waals surface area contributed by atoms with Crippen molar-refractivity contribution in [3.8, 4) is 11.8 Å². The Morgan fingerprint density at radius 3 is 2.81 bits per heavy atom. The molecule has 0 atom stereocenters. The fourth-order valence-electron chi connectivity index (χ4n) is 2.16. The minimum atomic E-state index is -0.519. The number of hydrogen-bond donors (Lipinski definition) is 1. The summed E-state index contributed by atoms with van der Waals surface area (Å²) in [6.45, 7) is 4.36. The molecule has 108 valence electrons. The maximum absolute atomic E-state index is 13.3. The highest BCUT2D eigenvalue weighted by Crippen LogP contribution is 2.24. The number of benzene rings is 1. The standard InChI is InChI=1S/C16H16FN3O/c1-10-8-20-15(11(2)16(10)21-3)9-19-13-4-5-14(17)12(6-13)7-18/h4-6,8,19H,9H2,1-3H3. The van der Waals surface area contributed by atoms with E-state index in [0.717, 1.165) is 22.6 Å². The van der Waals surface area contributed by atoms with Crippen LogP contribution in [0.3, 0.4) is 0 Å². The van der Waals surface area contributed by atoms with Gasteiger partial charge in [0.2, 0.25) is 0 Å². The molecule has 1 heterocycles. The van der Waals surface area contributed by atoms with Crippen LogP contribution in [0.4, 0.5) is 10.1 Å². The van der Waals surface area contributed by atoms with Crippen molar-refractivity contribution in [2.45, 2.75) is 20.4 Å². The molecule has 4 nitrogen and oxygen atoms in total. The van der Waals surface area contributed by atoms with Crippen molar-refractivity contribution in [2.75, 3.05) is 12.4 Å². The molecule has 0 bridgehead atoms. The molecule has 2 rings (SSSR count). The van der Waals surface area contributed by atoms with Crippen molar-refractivity contribution >= 4 is 5.69 Å². The zero-order chi connectivity index (χ0) is 15.4. The molecule has 0 spiro atoms. The van der Waals surface area contributed by atoms with Gasteiger partial charge in [-0.05, 0) is 32.0 Å². The number of halogens is 1. The van der Waals surface area contributed by atoms with Crippen LogP contribution in [-0.2, 0) is 6.54 Å². The molecular formula is C16H16FN3O. The highest BCUT2D eigenvalue weighted by molar-refractivity contribution is 5.50. The molecular weight excluding hydrogens is 269 g/mol. The van der Waals surface area contributed by atoms with Gasteiger partial charge in [0.15, 0.2) is 0 Å². The largest absolute Gasteiger partial charge is 0.496 e. The lowest BCUT2D eigenvalue weighted by molar-refractivity contribution is 0.407. The minimum Gasteiger partial charge on any atom is -0.496 e. The molecule has 0 aliphatic heterocycles. The molecule has 0 saturated carbocycles. The van der Waals surface area contributed by atoms with Crippen molar-refractivity contribution in [3.63, 3.8) is 0 Å². The monoisotopic (exact) mass is 285 g/mol. The van der Waals surface area contributed by atoms with Gasteiger partial charge in [-0.2, -0.15) is 5.26 Å². The number of methoxy groups -OCH3 is 1. The zero-order valence-corrected chi connectivity index (χ0v) is 12.2. The lowest BCUT2D eigenvalue weighted by atomic mass is 10.1.